The topological polar surface area (TPSA) is 19.0 Å². The first kappa shape index (κ1) is 8.98. The molecule has 15 heavy (non-hydrogen) atoms. The Labute approximate surface area is 89.9 Å². The van der Waals surface area contributed by atoms with E-state index in [0.29, 0.717) is 0 Å². The predicted molar refractivity (Wildman–Crippen MR) is 62.8 cm³/mol. The molecule has 2 nitrogen and oxygen atoms in total. The summed E-state index contributed by atoms with van der Waals surface area (Å²) in [6.45, 7) is 3.63. The highest BCUT2D eigenvalue weighted by molar-refractivity contribution is 5.82. The van der Waals surface area contributed by atoms with E-state index in [2.05, 4.69) is 40.3 Å². The highest BCUT2D eigenvalue weighted by atomic mass is 15.1. The first-order valence-corrected chi connectivity index (χ1v) is 5.71. The number of nitrogens with one attached hydrogen (secondary N) is 1. The van der Waals surface area contributed by atoms with Crippen LogP contribution in [0.5, 0.6) is 0 Å². The van der Waals surface area contributed by atoms with Gasteiger partial charge in [0.1, 0.15) is 0 Å². The summed E-state index contributed by atoms with van der Waals surface area (Å²) in [7, 11) is 0. The summed E-state index contributed by atoms with van der Waals surface area (Å²) in [4.78, 5) is 5.87. The molecule has 1 N–H and O–H groups in total. The van der Waals surface area contributed by atoms with Crippen molar-refractivity contribution < 1.29 is 0 Å². The summed E-state index contributed by atoms with van der Waals surface area (Å²) < 4.78 is 0. The molecule has 3 rings (SSSR count). The molecule has 0 spiro atoms. The van der Waals surface area contributed by atoms with Crippen LogP contribution in [0.2, 0.25) is 0 Å². The Morgan fingerprint density at radius 2 is 1.93 bits per heavy atom. The van der Waals surface area contributed by atoms with E-state index in [1.807, 2.05) is 0 Å². The molecule has 1 fully saturated rings. The molecule has 2 aromatic rings. The fourth-order valence-corrected chi connectivity index (χ4v) is 2.44. The molecule has 2 heterocycles. The second kappa shape index (κ2) is 3.70. The number of fused-ring (bicyclic) bond motifs is 1. The molecule has 1 aliphatic heterocycles. The maximum absolute atomic E-state index is 3.34. The molecule has 2 heteroatoms. The van der Waals surface area contributed by atoms with Crippen molar-refractivity contribution in [2.75, 3.05) is 13.1 Å². The van der Waals surface area contributed by atoms with Crippen LogP contribution in [0.4, 0.5) is 0 Å². The standard InChI is InChI=1S/C13H16N2/c1-2-6-13-12(5-1)11(9-14-13)10-15-7-3-4-8-15/h1-2,5-6,9,14H,3-4,7-8,10H2. The van der Waals surface area contributed by atoms with Gasteiger partial charge in [0.15, 0.2) is 0 Å². The Balaban J connectivity index is 1.90. The lowest BCUT2D eigenvalue weighted by molar-refractivity contribution is 0.332. The van der Waals surface area contributed by atoms with Gasteiger partial charge in [0.2, 0.25) is 0 Å². The second-order valence-corrected chi connectivity index (χ2v) is 4.34. The summed E-state index contributed by atoms with van der Waals surface area (Å²) in [6, 6.07) is 8.54. The van der Waals surface area contributed by atoms with Gasteiger partial charge in [-0.05, 0) is 37.6 Å². The number of hydrogen-bond donors (Lipinski definition) is 1. The summed E-state index contributed by atoms with van der Waals surface area (Å²) in [5.41, 5.74) is 2.69. The lowest BCUT2D eigenvalue weighted by atomic mass is 10.2. The van der Waals surface area contributed by atoms with Crippen LogP contribution < -0.4 is 0 Å². The Hall–Kier alpha value is -1.28. The van der Waals surface area contributed by atoms with E-state index >= 15 is 0 Å². The van der Waals surface area contributed by atoms with Crippen molar-refractivity contribution in [3.63, 3.8) is 0 Å². The van der Waals surface area contributed by atoms with Crippen molar-refractivity contribution in [3.8, 4) is 0 Å². The third kappa shape index (κ3) is 1.65. The maximum Gasteiger partial charge on any atom is 0.0457 e. The second-order valence-electron chi connectivity index (χ2n) is 4.34. The number of H-pyrrole nitrogens is 1. The molecule has 1 saturated heterocycles. The van der Waals surface area contributed by atoms with Gasteiger partial charge < -0.3 is 4.98 Å². The summed E-state index contributed by atoms with van der Waals surface area (Å²) in [6.07, 6.45) is 4.88. The van der Waals surface area contributed by atoms with Gasteiger partial charge in [0, 0.05) is 23.6 Å². The molecule has 0 aliphatic carbocycles. The lowest BCUT2D eigenvalue weighted by Gasteiger charge is -2.13. The lowest BCUT2D eigenvalue weighted by Crippen LogP contribution is -2.17. The van der Waals surface area contributed by atoms with Crippen molar-refractivity contribution in [2.45, 2.75) is 19.4 Å². The zero-order valence-electron chi connectivity index (χ0n) is 8.87. The Kier molecular flexibility index (Phi) is 2.22. The number of likely N-dealkylation sites (tertiary alicyclic amines) is 1. The van der Waals surface area contributed by atoms with Crippen molar-refractivity contribution >= 4 is 10.9 Å². The van der Waals surface area contributed by atoms with E-state index in [0.717, 1.165) is 6.54 Å². The molecular weight excluding hydrogens is 184 g/mol. The fourth-order valence-electron chi connectivity index (χ4n) is 2.44. The third-order valence-electron chi connectivity index (χ3n) is 3.27. The molecular formula is C13H16N2. The van der Waals surface area contributed by atoms with Crippen LogP contribution in [0.3, 0.4) is 0 Å². The number of aromatic amines is 1. The monoisotopic (exact) mass is 200 g/mol. The molecule has 0 saturated carbocycles. The van der Waals surface area contributed by atoms with Gasteiger partial charge in [-0.3, -0.25) is 4.90 Å². The van der Waals surface area contributed by atoms with Crippen LogP contribution in [0, 0.1) is 0 Å². The Morgan fingerprint density at radius 3 is 2.80 bits per heavy atom. The number of hydrogen-bond acceptors (Lipinski definition) is 1. The third-order valence-corrected chi connectivity index (χ3v) is 3.27. The van der Waals surface area contributed by atoms with Crippen molar-refractivity contribution in [1.82, 2.24) is 9.88 Å². The highest BCUT2D eigenvalue weighted by Crippen LogP contribution is 2.20. The SMILES string of the molecule is c1ccc2c(CN3CCCC3)c[nH]c2c1. The largest absolute Gasteiger partial charge is 0.361 e. The van der Waals surface area contributed by atoms with Crippen molar-refractivity contribution in [1.29, 1.82) is 0 Å². The fraction of sp³-hybridized carbons (Fsp3) is 0.385. The number of aromatic nitrogens is 1. The zero-order chi connectivity index (χ0) is 10.1. The number of rotatable bonds is 2. The van der Waals surface area contributed by atoms with Crippen LogP contribution in [0.15, 0.2) is 30.5 Å². The smallest absolute Gasteiger partial charge is 0.0457 e. The van der Waals surface area contributed by atoms with Gasteiger partial charge in [-0.2, -0.15) is 0 Å². The minimum atomic E-state index is 1.10. The molecule has 0 bridgehead atoms. The van der Waals surface area contributed by atoms with Crippen LogP contribution >= 0.6 is 0 Å². The Bertz CT molecular complexity index is 452. The van der Waals surface area contributed by atoms with E-state index in [1.54, 1.807) is 0 Å². The van der Waals surface area contributed by atoms with Crippen LogP contribution in [0.1, 0.15) is 18.4 Å². The summed E-state index contributed by atoms with van der Waals surface area (Å²) >= 11 is 0. The maximum atomic E-state index is 3.34. The van der Waals surface area contributed by atoms with Gasteiger partial charge >= 0.3 is 0 Å². The van der Waals surface area contributed by atoms with Crippen LogP contribution in [0.25, 0.3) is 10.9 Å². The first-order chi connectivity index (χ1) is 7.43. The van der Waals surface area contributed by atoms with E-state index < -0.39 is 0 Å². The van der Waals surface area contributed by atoms with E-state index in [1.165, 1.54) is 42.4 Å². The quantitative estimate of drug-likeness (QED) is 0.789. The molecule has 0 radical (unpaired) electrons. The average Bonchev–Trinajstić information content (AvgIpc) is 2.89. The molecule has 0 atom stereocenters. The van der Waals surface area contributed by atoms with Gasteiger partial charge in [0.25, 0.3) is 0 Å². The average molecular weight is 200 g/mol. The van der Waals surface area contributed by atoms with Crippen molar-refractivity contribution in [2.24, 2.45) is 0 Å². The molecule has 1 aromatic heterocycles. The molecule has 1 aliphatic rings. The Morgan fingerprint density at radius 1 is 1.13 bits per heavy atom. The molecule has 1 aromatic carbocycles. The number of benzene rings is 1. The van der Waals surface area contributed by atoms with Crippen molar-refractivity contribution in [3.05, 3.63) is 36.0 Å². The van der Waals surface area contributed by atoms with E-state index in [9.17, 15) is 0 Å². The molecule has 0 unspecified atom stereocenters. The number of nitrogens with zero attached hydrogens (tertiary/aromatic N) is 1. The molecule has 0 amide bonds. The van der Waals surface area contributed by atoms with Crippen LogP contribution in [-0.2, 0) is 6.54 Å². The summed E-state index contributed by atoms with van der Waals surface area (Å²) in [5, 5.41) is 1.38. The summed E-state index contributed by atoms with van der Waals surface area (Å²) in [5.74, 6) is 0. The van der Waals surface area contributed by atoms with E-state index in [-0.39, 0.29) is 0 Å². The predicted octanol–water partition coefficient (Wildman–Crippen LogP) is 2.76. The van der Waals surface area contributed by atoms with E-state index in [4.69, 9.17) is 0 Å². The normalized spacial score (nSPS) is 17.6. The number of para-hydroxylation sites is 1. The van der Waals surface area contributed by atoms with Gasteiger partial charge in [-0.15, -0.1) is 0 Å². The first-order valence-electron chi connectivity index (χ1n) is 5.71. The minimum absolute atomic E-state index is 1.10. The van der Waals surface area contributed by atoms with Gasteiger partial charge in [-0.25, -0.2) is 0 Å². The van der Waals surface area contributed by atoms with Gasteiger partial charge in [-0.1, -0.05) is 18.2 Å². The zero-order valence-corrected chi connectivity index (χ0v) is 8.87. The van der Waals surface area contributed by atoms with Gasteiger partial charge in [0.05, 0.1) is 0 Å². The minimum Gasteiger partial charge on any atom is -0.361 e. The molecule has 78 valence electrons. The highest BCUT2D eigenvalue weighted by Gasteiger charge is 2.13. The van der Waals surface area contributed by atoms with Crippen LogP contribution in [-0.4, -0.2) is 23.0 Å².